The molecule has 2 aromatic rings. The average molecular weight is 368 g/mol. The van der Waals surface area contributed by atoms with Gasteiger partial charge in [0.1, 0.15) is 18.1 Å². The number of carbonyl (C=O) groups excluding carboxylic acids is 1. The van der Waals surface area contributed by atoms with Gasteiger partial charge in [-0.3, -0.25) is 4.79 Å². The quantitative estimate of drug-likeness (QED) is 0.815. The average Bonchev–Trinajstić information content (AvgIpc) is 2.72. The van der Waals surface area contributed by atoms with Gasteiger partial charge in [0.2, 0.25) is 0 Å². The Bertz CT molecular complexity index is 708. The summed E-state index contributed by atoms with van der Waals surface area (Å²) in [4.78, 5) is 14.2. The van der Waals surface area contributed by atoms with E-state index in [1.54, 1.807) is 0 Å². The zero-order chi connectivity index (χ0) is 19.1. The Balaban J connectivity index is 1.41. The fourth-order valence-electron chi connectivity index (χ4n) is 3.28. The molecule has 1 aliphatic heterocycles. The standard InChI is InChI=1S/C22H28N2O3/c1-17(23)19-11-13-24(14-12-19)22(25)16-27-21-9-7-20(8-10-21)26-15-18-5-3-2-4-6-18/h2-10,17,19H,11-16,23H2,1H3. The van der Waals surface area contributed by atoms with Crippen LogP contribution in [0.15, 0.2) is 54.6 Å². The molecule has 1 saturated heterocycles. The van der Waals surface area contributed by atoms with Gasteiger partial charge < -0.3 is 20.1 Å². The molecule has 0 aromatic heterocycles. The van der Waals surface area contributed by atoms with Crippen molar-refractivity contribution in [1.82, 2.24) is 4.90 Å². The van der Waals surface area contributed by atoms with Crippen LogP contribution in [0, 0.1) is 5.92 Å². The third-order valence-electron chi connectivity index (χ3n) is 5.07. The number of carbonyl (C=O) groups is 1. The maximum atomic E-state index is 12.3. The summed E-state index contributed by atoms with van der Waals surface area (Å²) in [5.41, 5.74) is 7.07. The third-order valence-corrected chi connectivity index (χ3v) is 5.07. The fraction of sp³-hybridized carbons (Fsp3) is 0.409. The second kappa shape index (κ2) is 9.42. The van der Waals surface area contributed by atoms with Crippen molar-refractivity contribution in [2.45, 2.75) is 32.4 Å². The summed E-state index contributed by atoms with van der Waals surface area (Å²) in [6, 6.07) is 17.6. The highest BCUT2D eigenvalue weighted by atomic mass is 16.5. The van der Waals surface area contributed by atoms with Gasteiger partial charge in [-0.15, -0.1) is 0 Å². The van der Waals surface area contributed by atoms with Gasteiger partial charge >= 0.3 is 0 Å². The van der Waals surface area contributed by atoms with E-state index in [0.29, 0.717) is 18.3 Å². The number of nitrogens with zero attached hydrogens (tertiary/aromatic N) is 1. The van der Waals surface area contributed by atoms with E-state index in [-0.39, 0.29) is 18.6 Å². The Kier molecular flexibility index (Phi) is 6.71. The minimum Gasteiger partial charge on any atom is -0.489 e. The van der Waals surface area contributed by atoms with Gasteiger partial charge in [0.05, 0.1) is 0 Å². The lowest BCUT2D eigenvalue weighted by molar-refractivity contribution is -0.134. The van der Waals surface area contributed by atoms with Crippen LogP contribution in [-0.4, -0.2) is 36.5 Å². The lowest BCUT2D eigenvalue weighted by Gasteiger charge is -2.33. The Morgan fingerprint density at radius 2 is 1.63 bits per heavy atom. The van der Waals surface area contributed by atoms with Gasteiger partial charge in [-0.2, -0.15) is 0 Å². The fourth-order valence-corrected chi connectivity index (χ4v) is 3.28. The molecule has 0 radical (unpaired) electrons. The lowest BCUT2D eigenvalue weighted by Crippen LogP contribution is -2.44. The Morgan fingerprint density at radius 1 is 1.04 bits per heavy atom. The second-order valence-electron chi connectivity index (χ2n) is 7.11. The predicted molar refractivity (Wildman–Crippen MR) is 106 cm³/mol. The molecule has 1 aliphatic rings. The number of amides is 1. The third kappa shape index (κ3) is 5.73. The molecule has 1 fully saturated rings. The number of hydrogen-bond acceptors (Lipinski definition) is 4. The first kappa shape index (κ1) is 19.2. The van der Waals surface area contributed by atoms with Crippen molar-refractivity contribution in [3.63, 3.8) is 0 Å². The number of likely N-dealkylation sites (tertiary alicyclic amines) is 1. The van der Waals surface area contributed by atoms with E-state index in [0.717, 1.165) is 37.2 Å². The molecule has 0 bridgehead atoms. The molecular formula is C22H28N2O3. The molecule has 0 spiro atoms. The van der Waals surface area contributed by atoms with Crippen LogP contribution < -0.4 is 15.2 Å². The van der Waals surface area contributed by atoms with Crippen LogP contribution in [0.1, 0.15) is 25.3 Å². The number of piperidine rings is 1. The molecule has 1 heterocycles. The summed E-state index contributed by atoms with van der Waals surface area (Å²) in [6.07, 6.45) is 1.94. The number of ether oxygens (including phenoxy) is 2. The Hall–Kier alpha value is -2.53. The normalized spacial score (nSPS) is 16.0. The topological polar surface area (TPSA) is 64.8 Å². The summed E-state index contributed by atoms with van der Waals surface area (Å²) in [5, 5.41) is 0. The van der Waals surface area contributed by atoms with Crippen LogP contribution in [-0.2, 0) is 11.4 Å². The van der Waals surface area contributed by atoms with Crippen LogP contribution in [0.2, 0.25) is 0 Å². The zero-order valence-corrected chi connectivity index (χ0v) is 15.8. The molecule has 0 saturated carbocycles. The summed E-state index contributed by atoms with van der Waals surface area (Å²) >= 11 is 0. The van der Waals surface area contributed by atoms with Crippen LogP contribution >= 0.6 is 0 Å². The van der Waals surface area contributed by atoms with Crippen molar-refractivity contribution in [2.75, 3.05) is 19.7 Å². The first-order chi connectivity index (χ1) is 13.1. The molecular weight excluding hydrogens is 340 g/mol. The van der Waals surface area contributed by atoms with Crippen molar-refractivity contribution in [3.8, 4) is 11.5 Å². The summed E-state index contributed by atoms with van der Waals surface area (Å²) in [6.45, 7) is 4.16. The number of benzene rings is 2. The van der Waals surface area contributed by atoms with Crippen molar-refractivity contribution in [3.05, 3.63) is 60.2 Å². The zero-order valence-electron chi connectivity index (χ0n) is 15.8. The molecule has 5 nitrogen and oxygen atoms in total. The maximum Gasteiger partial charge on any atom is 0.260 e. The number of hydrogen-bond donors (Lipinski definition) is 1. The lowest BCUT2D eigenvalue weighted by atomic mass is 9.91. The second-order valence-corrected chi connectivity index (χ2v) is 7.11. The van der Waals surface area contributed by atoms with Gasteiger partial charge in [-0.1, -0.05) is 30.3 Å². The van der Waals surface area contributed by atoms with Crippen LogP contribution in [0.4, 0.5) is 0 Å². The van der Waals surface area contributed by atoms with Crippen LogP contribution in [0.25, 0.3) is 0 Å². The molecule has 2 aromatic carbocycles. The van der Waals surface area contributed by atoms with Crippen molar-refractivity contribution < 1.29 is 14.3 Å². The Labute approximate surface area is 161 Å². The minimum atomic E-state index is 0.0301. The molecule has 2 N–H and O–H groups in total. The van der Waals surface area contributed by atoms with E-state index in [1.165, 1.54) is 0 Å². The first-order valence-corrected chi connectivity index (χ1v) is 9.55. The molecule has 0 aliphatic carbocycles. The van der Waals surface area contributed by atoms with E-state index in [1.807, 2.05) is 66.4 Å². The van der Waals surface area contributed by atoms with Crippen molar-refractivity contribution >= 4 is 5.91 Å². The maximum absolute atomic E-state index is 12.3. The molecule has 3 rings (SSSR count). The molecule has 144 valence electrons. The van der Waals surface area contributed by atoms with Gasteiger partial charge in [0.15, 0.2) is 6.61 Å². The van der Waals surface area contributed by atoms with Gasteiger partial charge in [0.25, 0.3) is 5.91 Å². The smallest absolute Gasteiger partial charge is 0.260 e. The monoisotopic (exact) mass is 368 g/mol. The summed E-state index contributed by atoms with van der Waals surface area (Å²) in [7, 11) is 0. The van der Waals surface area contributed by atoms with E-state index in [9.17, 15) is 4.79 Å². The van der Waals surface area contributed by atoms with Crippen LogP contribution in [0.3, 0.4) is 0 Å². The van der Waals surface area contributed by atoms with E-state index in [2.05, 4.69) is 0 Å². The van der Waals surface area contributed by atoms with Gasteiger partial charge in [-0.05, 0) is 55.5 Å². The summed E-state index contributed by atoms with van der Waals surface area (Å²) < 4.78 is 11.4. The largest absolute Gasteiger partial charge is 0.489 e. The highest BCUT2D eigenvalue weighted by Gasteiger charge is 2.24. The molecule has 1 amide bonds. The molecule has 1 atom stereocenters. The first-order valence-electron chi connectivity index (χ1n) is 9.55. The highest BCUT2D eigenvalue weighted by molar-refractivity contribution is 5.77. The van der Waals surface area contributed by atoms with Crippen molar-refractivity contribution in [1.29, 1.82) is 0 Å². The number of rotatable bonds is 7. The predicted octanol–water partition coefficient (Wildman–Crippen LogP) is 3.23. The Morgan fingerprint density at radius 3 is 2.22 bits per heavy atom. The molecule has 1 unspecified atom stereocenters. The van der Waals surface area contributed by atoms with Gasteiger partial charge in [-0.25, -0.2) is 0 Å². The molecule has 27 heavy (non-hydrogen) atoms. The van der Waals surface area contributed by atoms with Crippen LogP contribution in [0.5, 0.6) is 11.5 Å². The van der Waals surface area contributed by atoms with Crippen molar-refractivity contribution in [2.24, 2.45) is 11.7 Å². The van der Waals surface area contributed by atoms with Gasteiger partial charge in [0, 0.05) is 19.1 Å². The minimum absolute atomic E-state index is 0.0301. The number of nitrogens with two attached hydrogens (primary N) is 1. The molecule has 5 heteroatoms. The van der Waals surface area contributed by atoms with E-state index < -0.39 is 0 Å². The summed E-state index contributed by atoms with van der Waals surface area (Å²) in [5.74, 6) is 1.98. The van der Waals surface area contributed by atoms with E-state index in [4.69, 9.17) is 15.2 Å². The highest BCUT2D eigenvalue weighted by Crippen LogP contribution is 2.21. The SMILES string of the molecule is CC(N)C1CCN(C(=O)COc2ccc(OCc3ccccc3)cc2)CC1. The van der Waals surface area contributed by atoms with E-state index >= 15 is 0 Å².